The number of morpholine rings is 1. The first-order chi connectivity index (χ1) is 17.3. The molecule has 5 rings (SSSR count). The second-order valence-corrected chi connectivity index (χ2v) is 9.75. The van der Waals surface area contributed by atoms with Gasteiger partial charge in [-0.25, -0.2) is 14.8 Å². The number of benzene rings is 1. The number of amides is 2. The highest BCUT2D eigenvalue weighted by molar-refractivity contribution is 5.99. The van der Waals surface area contributed by atoms with Gasteiger partial charge in [-0.2, -0.15) is 5.10 Å². The molecular formula is C26H34N8O2. The number of urea groups is 1. The molecule has 190 valence electrons. The van der Waals surface area contributed by atoms with Gasteiger partial charge in [-0.3, -0.25) is 5.43 Å². The number of likely N-dealkylation sites (N-methyl/N-ethyl adjacent to an activating group) is 2. The van der Waals surface area contributed by atoms with Crippen LogP contribution in [0.1, 0.15) is 29.8 Å². The van der Waals surface area contributed by atoms with Crippen molar-refractivity contribution in [1.82, 2.24) is 24.3 Å². The van der Waals surface area contributed by atoms with Crippen molar-refractivity contribution in [1.29, 1.82) is 0 Å². The van der Waals surface area contributed by atoms with E-state index in [0.29, 0.717) is 32.1 Å². The summed E-state index contributed by atoms with van der Waals surface area (Å²) >= 11 is 0. The van der Waals surface area contributed by atoms with E-state index in [1.807, 2.05) is 40.2 Å². The van der Waals surface area contributed by atoms with Crippen LogP contribution in [0.15, 0.2) is 35.4 Å². The SMILES string of the molecule is C/C(=N\Nc1cc(N2CCOCC2)c2nc(C3CN(C)C(=O)N(C)C3)n(C)c2n1)c1cccc(C)c1. The Hall–Kier alpha value is -3.66. The predicted molar refractivity (Wildman–Crippen MR) is 142 cm³/mol. The number of pyridine rings is 1. The molecule has 1 aromatic carbocycles. The van der Waals surface area contributed by atoms with E-state index in [2.05, 4.69) is 45.1 Å². The molecule has 0 saturated carbocycles. The van der Waals surface area contributed by atoms with Crippen LogP contribution in [0, 0.1) is 6.92 Å². The van der Waals surface area contributed by atoms with Crippen molar-refractivity contribution in [3.05, 3.63) is 47.3 Å². The van der Waals surface area contributed by atoms with E-state index in [4.69, 9.17) is 14.7 Å². The second kappa shape index (κ2) is 9.77. The first-order valence-corrected chi connectivity index (χ1v) is 12.4. The van der Waals surface area contributed by atoms with E-state index in [0.717, 1.165) is 47.0 Å². The molecular weight excluding hydrogens is 456 g/mol. The van der Waals surface area contributed by atoms with E-state index in [9.17, 15) is 4.79 Å². The van der Waals surface area contributed by atoms with Crippen LogP contribution in [-0.4, -0.2) is 89.6 Å². The summed E-state index contributed by atoms with van der Waals surface area (Å²) in [4.78, 5) is 28.1. The number of hydrogen-bond acceptors (Lipinski definition) is 7. The Kier molecular flexibility index (Phi) is 6.53. The molecule has 0 bridgehead atoms. The number of carbonyl (C=O) groups excluding carboxylic acids is 1. The summed E-state index contributed by atoms with van der Waals surface area (Å²) in [6, 6.07) is 10.3. The van der Waals surface area contributed by atoms with Crippen LogP contribution in [0.3, 0.4) is 0 Å². The van der Waals surface area contributed by atoms with Gasteiger partial charge in [-0.15, -0.1) is 0 Å². The Balaban J connectivity index is 1.54. The number of rotatable bonds is 5. The van der Waals surface area contributed by atoms with Gasteiger partial charge in [-0.05, 0) is 19.4 Å². The topological polar surface area (TPSA) is 91.1 Å². The van der Waals surface area contributed by atoms with E-state index >= 15 is 0 Å². The first-order valence-electron chi connectivity index (χ1n) is 12.4. The lowest BCUT2D eigenvalue weighted by Gasteiger charge is -2.35. The van der Waals surface area contributed by atoms with Gasteiger partial charge in [0.05, 0.1) is 30.5 Å². The highest BCUT2D eigenvalue weighted by Crippen LogP contribution is 2.32. The summed E-state index contributed by atoms with van der Waals surface area (Å²) in [7, 11) is 5.67. The van der Waals surface area contributed by atoms with Crippen LogP contribution in [0.2, 0.25) is 0 Å². The Bertz CT molecular complexity index is 1300. The molecule has 1 N–H and O–H groups in total. The number of hydrazone groups is 1. The number of fused-ring (bicyclic) bond motifs is 1. The van der Waals surface area contributed by atoms with Crippen LogP contribution in [0.5, 0.6) is 0 Å². The molecule has 2 saturated heterocycles. The van der Waals surface area contributed by atoms with Gasteiger partial charge < -0.3 is 24.0 Å². The fourth-order valence-corrected chi connectivity index (χ4v) is 5.02. The summed E-state index contributed by atoms with van der Waals surface area (Å²) in [5, 5.41) is 4.63. The standard InChI is InChI=1S/C26H34N8O2/c1-17-7-6-8-19(13-17)18(2)29-30-22-14-21(34-9-11-36-12-10-34)23-25(27-22)33(5)24(28-23)20-15-31(3)26(35)32(4)16-20/h6-8,13-14,20H,9-12,15-16H2,1-5H3,(H,27,30)/b29-18+. The van der Waals surface area contributed by atoms with Crippen molar-refractivity contribution >= 4 is 34.4 Å². The van der Waals surface area contributed by atoms with E-state index in [-0.39, 0.29) is 11.9 Å². The van der Waals surface area contributed by atoms with Crippen LogP contribution < -0.4 is 10.3 Å². The normalized spacial score (nSPS) is 17.9. The third-order valence-corrected chi connectivity index (χ3v) is 6.97. The lowest BCUT2D eigenvalue weighted by atomic mass is 10.1. The number of nitrogens with one attached hydrogen (secondary N) is 1. The number of imidazole rings is 1. The summed E-state index contributed by atoms with van der Waals surface area (Å²) < 4.78 is 7.65. The fourth-order valence-electron chi connectivity index (χ4n) is 5.02. The van der Waals surface area contributed by atoms with Gasteiger partial charge in [0.25, 0.3) is 0 Å². The molecule has 2 aliphatic rings. The smallest absolute Gasteiger partial charge is 0.319 e. The third-order valence-electron chi connectivity index (χ3n) is 6.97. The maximum absolute atomic E-state index is 12.3. The average molecular weight is 491 g/mol. The van der Waals surface area contributed by atoms with Crippen LogP contribution in [-0.2, 0) is 11.8 Å². The van der Waals surface area contributed by atoms with E-state index in [1.165, 1.54) is 5.56 Å². The second-order valence-electron chi connectivity index (χ2n) is 9.75. The fraction of sp³-hybridized carbons (Fsp3) is 0.462. The summed E-state index contributed by atoms with van der Waals surface area (Å²) in [5.41, 5.74) is 9.01. The Morgan fingerprint density at radius 3 is 2.50 bits per heavy atom. The molecule has 2 aliphatic heterocycles. The molecule has 0 aliphatic carbocycles. The zero-order valence-corrected chi connectivity index (χ0v) is 21.7. The zero-order valence-electron chi connectivity index (χ0n) is 21.7. The largest absolute Gasteiger partial charge is 0.378 e. The summed E-state index contributed by atoms with van der Waals surface area (Å²) in [5.74, 6) is 1.68. The summed E-state index contributed by atoms with van der Waals surface area (Å²) in [6.07, 6.45) is 0. The van der Waals surface area contributed by atoms with Gasteiger partial charge in [-0.1, -0.05) is 29.8 Å². The predicted octanol–water partition coefficient (Wildman–Crippen LogP) is 3.03. The van der Waals surface area contributed by atoms with Crippen LogP contribution in [0.4, 0.5) is 16.3 Å². The molecule has 36 heavy (non-hydrogen) atoms. The van der Waals surface area contributed by atoms with E-state index < -0.39 is 0 Å². The van der Waals surface area contributed by atoms with Crippen LogP contribution >= 0.6 is 0 Å². The number of hydrogen-bond donors (Lipinski definition) is 1. The number of anilines is 2. The highest BCUT2D eigenvalue weighted by atomic mass is 16.5. The average Bonchev–Trinajstić information content (AvgIpc) is 3.22. The molecule has 10 heteroatoms. The zero-order chi connectivity index (χ0) is 25.4. The Labute approximate surface area is 211 Å². The maximum atomic E-state index is 12.3. The van der Waals surface area contributed by atoms with Gasteiger partial charge in [0.2, 0.25) is 0 Å². The minimum Gasteiger partial charge on any atom is -0.378 e. The van der Waals surface area contributed by atoms with Gasteiger partial charge in [0.1, 0.15) is 11.3 Å². The van der Waals surface area contributed by atoms with Crippen molar-refractivity contribution in [3.8, 4) is 0 Å². The molecule has 0 unspecified atom stereocenters. The van der Waals surface area contributed by atoms with E-state index in [1.54, 1.807) is 9.80 Å². The minimum atomic E-state index is 0.0328. The quantitative estimate of drug-likeness (QED) is 0.437. The molecule has 4 heterocycles. The first kappa shape index (κ1) is 24.1. The van der Waals surface area contributed by atoms with Crippen LogP contribution in [0.25, 0.3) is 11.2 Å². The monoisotopic (exact) mass is 490 g/mol. The lowest BCUT2D eigenvalue weighted by Crippen LogP contribution is -2.49. The van der Waals surface area contributed by atoms with Crippen molar-refractivity contribution in [3.63, 3.8) is 0 Å². The highest BCUT2D eigenvalue weighted by Gasteiger charge is 2.32. The molecule has 3 aromatic rings. The van der Waals surface area contributed by atoms with Crippen molar-refractivity contribution in [2.75, 3.05) is 63.8 Å². The van der Waals surface area contributed by atoms with Crippen molar-refractivity contribution in [2.45, 2.75) is 19.8 Å². The molecule has 2 aromatic heterocycles. The molecule has 2 fully saturated rings. The molecule has 0 atom stereocenters. The van der Waals surface area contributed by atoms with Crippen molar-refractivity contribution in [2.24, 2.45) is 12.1 Å². The van der Waals surface area contributed by atoms with Gasteiger partial charge in [0, 0.05) is 53.4 Å². The minimum absolute atomic E-state index is 0.0328. The van der Waals surface area contributed by atoms with Gasteiger partial charge in [0.15, 0.2) is 11.5 Å². The number of carbonyl (C=O) groups is 1. The molecule has 0 radical (unpaired) electrons. The Morgan fingerprint density at radius 1 is 1.08 bits per heavy atom. The molecule has 2 amide bonds. The third kappa shape index (κ3) is 4.60. The number of nitrogens with zero attached hydrogens (tertiary/aromatic N) is 7. The Morgan fingerprint density at radius 2 is 1.81 bits per heavy atom. The van der Waals surface area contributed by atoms with Gasteiger partial charge >= 0.3 is 6.03 Å². The lowest BCUT2D eigenvalue weighted by molar-refractivity contribution is 0.123. The number of aromatic nitrogens is 3. The van der Waals surface area contributed by atoms with Crippen molar-refractivity contribution < 1.29 is 9.53 Å². The number of aryl methyl sites for hydroxylation is 2. The summed E-state index contributed by atoms with van der Waals surface area (Å²) in [6.45, 7) is 8.25. The molecule has 10 nitrogen and oxygen atoms in total. The molecule has 0 spiro atoms. The maximum Gasteiger partial charge on any atom is 0.319 e. The number of ether oxygens (including phenoxy) is 1.